The number of fused-ring (bicyclic) bond motifs is 3. The summed E-state index contributed by atoms with van der Waals surface area (Å²) in [6.07, 6.45) is 7.07. The molecule has 1 saturated carbocycles. The highest BCUT2D eigenvalue weighted by Gasteiger charge is 2.33. The molecule has 6 heterocycles. The Hall–Kier alpha value is -7.17. The molecule has 2 atom stereocenters. The lowest BCUT2D eigenvalue weighted by molar-refractivity contribution is -0.134. The third-order valence-corrected chi connectivity index (χ3v) is 17.2. The number of rotatable bonds is 13. The van der Waals surface area contributed by atoms with Crippen molar-refractivity contribution in [2.45, 2.75) is 110 Å². The third-order valence-electron chi connectivity index (χ3n) is 16.3. The van der Waals surface area contributed by atoms with Gasteiger partial charge in [0.1, 0.15) is 17.2 Å². The molecule has 15 nitrogen and oxygen atoms in total. The molecule has 3 aliphatic heterocycles. The van der Waals surface area contributed by atoms with E-state index in [2.05, 4.69) is 68.4 Å². The van der Waals surface area contributed by atoms with Crippen LogP contribution in [-0.2, 0) is 34.3 Å². The zero-order chi connectivity index (χ0) is 53.5. The van der Waals surface area contributed by atoms with Gasteiger partial charge in [-0.15, -0.1) is 0 Å². The minimum atomic E-state index is -0.734. The number of aryl methyl sites for hydroxylation is 1. The van der Waals surface area contributed by atoms with Gasteiger partial charge < -0.3 is 19.3 Å². The second-order valence-corrected chi connectivity index (χ2v) is 23.5. The molecule has 4 aliphatic rings. The lowest BCUT2D eigenvalue weighted by atomic mass is 9.78. The minimum absolute atomic E-state index is 0.107. The molecule has 2 saturated heterocycles. The van der Waals surface area contributed by atoms with Crippen molar-refractivity contribution in [3.8, 4) is 16.9 Å². The summed E-state index contributed by atoms with van der Waals surface area (Å²) >= 11 is 1.45. The maximum absolute atomic E-state index is 14.2. The van der Waals surface area contributed by atoms with Crippen LogP contribution in [0.3, 0.4) is 0 Å². The van der Waals surface area contributed by atoms with E-state index < -0.39 is 17.5 Å². The normalized spacial score (nSPS) is 19.7. The van der Waals surface area contributed by atoms with E-state index in [1.54, 1.807) is 0 Å². The van der Waals surface area contributed by atoms with E-state index in [0.717, 1.165) is 113 Å². The number of piperazine rings is 1. The summed E-state index contributed by atoms with van der Waals surface area (Å²) in [4.78, 5) is 69.3. The van der Waals surface area contributed by atoms with Crippen molar-refractivity contribution in [2.75, 3.05) is 54.4 Å². The molecule has 0 unspecified atom stereocenters. The van der Waals surface area contributed by atoms with Crippen molar-refractivity contribution >= 4 is 72.8 Å². The average molecular weight is 1060 g/mol. The van der Waals surface area contributed by atoms with Crippen LogP contribution >= 0.6 is 11.3 Å². The first-order valence-corrected chi connectivity index (χ1v) is 28.3. The molecule has 16 heteroatoms. The van der Waals surface area contributed by atoms with Gasteiger partial charge >= 0.3 is 5.97 Å². The van der Waals surface area contributed by atoms with E-state index in [9.17, 15) is 19.2 Å². The van der Waals surface area contributed by atoms with Crippen molar-refractivity contribution in [3.63, 3.8) is 0 Å². The van der Waals surface area contributed by atoms with Gasteiger partial charge in [0.2, 0.25) is 11.8 Å². The molecule has 3 fully saturated rings. The van der Waals surface area contributed by atoms with E-state index >= 15 is 0 Å². The van der Waals surface area contributed by atoms with Gasteiger partial charge in [0, 0.05) is 74.9 Å². The Labute approximate surface area is 454 Å². The molecule has 3 aromatic heterocycles. The van der Waals surface area contributed by atoms with Crippen LogP contribution in [0.5, 0.6) is 5.75 Å². The van der Waals surface area contributed by atoms with Crippen LogP contribution in [-0.4, -0.2) is 99.3 Å². The number of benzene rings is 4. The highest BCUT2D eigenvalue weighted by atomic mass is 32.1. The summed E-state index contributed by atoms with van der Waals surface area (Å²) in [5.41, 5.74) is 8.43. The number of piperidine rings is 1. The molecule has 11 rings (SSSR count). The summed E-state index contributed by atoms with van der Waals surface area (Å²) in [6.45, 7) is 16.2. The Morgan fingerprint density at radius 3 is 2.42 bits per heavy atom. The number of amides is 3. The van der Waals surface area contributed by atoms with Crippen LogP contribution in [0.15, 0.2) is 91.0 Å². The summed E-state index contributed by atoms with van der Waals surface area (Å²) in [5.74, 6) is 1.14. The fourth-order valence-electron chi connectivity index (χ4n) is 11.9. The summed E-state index contributed by atoms with van der Waals surface area (Å²) < 4.78 is 15.7. The molecule has 2 N–H and O–H groups in total. The van der Waals surface area contributed by atoms with Gasteiger partial charge in [-0.1, -0.05) is 54.7 Å². The van der Waals surface area contributed by atoms with Crippen LogP contribution in [0.25, 0.3) is 32.2 Å². The van der Waals surface area contributed by atoms with Crippen LogP contribution in [0.1, 0.15) is 122 Å². The van der Waals surface area contributed by atoms with Gasteiger partial charge in [-0.3, -0.25) is 34.6 Å². The van der Waals surface area contributed by atoms with Gasteiger partial charge in [-0.2, -0.15) is 5.10 Å². The zero-order valence-corrected chi connectivity index (χ0v) is 45.9. The van der Waals surface area contributed by atoms with E-state index in [-0.39, 0.29) is 29.5 Å². The Morgan fingerprint density at radius 2 is 1.64 bits per heavy atom. The van der Waals surface area contributed by atoms with Gasteiger partial charge in [0.05, 0.1) is 33.4 Å². The smallest absolute Gasteiger partial charge is 0.358 e. The molecular formula is C61H69N9O6S. The zero-order valence-electron chi connectivity index (χ0n) is 45.1. The Balaban J connectivity index is 0.701. The molecule has 1 aliphatic carbocycles. The van der Waals surface area contributed by atoms with Crippen molar-refractivity contribution in [2.24, 2.45) is 18.9 Å². The predicted molar refractivity (Wildman–Crippen MR) is 303 cm³/mol. The molecule has 0 radical (unpaired) electrons. The number of imide groups is 1. The number of carbonyl (C=O) groups is 4. The SMILES string of the molecule is Cc1c(OC2CCC([C@H](C)CCN3CCN(c4ccc5c([C@H]6CCC(=O)NC6=O)nn(C)c5c4)CC3)CC2)cccc1-c1ccc(N2CCc3cccc(C(=O)Nc4nc5ccccc5s4)c3C2)nc1C(=O)OC(C)(C)C. The molecule has 77 heavy (non-hydrogen) atoms. The van der Waals surface area contributed by atoms with Gasteiger partial charge in [-0.05, 0) is 168 Å². The van der Waals surface area contributed by atoms with Crippen molar-refractivity contribution < 1.29 is 28.7 Å². The van der Waals surface area contributed by atoms with Gasteiger partial charge in [0.25, 0.3) is 5.91 Å². The number of para-hydroxylation sites is 1. The molecule has 4 aromatic carbocycles. The first kappa shape index (κ1) is 51.9. The quantitative estimate of drug-likeness (QED) is 0.0831. The maximum Gasteiger partial charge on any atom is 0.358 e. The van der Waals surface area contributed by atoms with Gasteiger partial charge in [-0.25, -0.2) is 14.8 Å². The Bertz CT molecular complexity index is 3350. The van der Waals surface area contributed by atoms with E-state index in [1.165, 1.54) is 23.4 Å². The average Bonchev–Trinajstić information content (AvgIpc) is 4.10. The minimum Gasteiger partial charge on any atom is -0.490 e. The number of aromatic nitrogens is 4. The number of hydrogen-bond donors (Lipinski definition) is 2. The van der Waals surface area contributed by atoms with Crippen LogP contribution in [0, 0.1) is 18.8 Å². The number of nitrogens with zero attached hydrogens (tertiary/aromatic N) is 7. The van der Waals surface area contributed by atoms with E-state index in [0.29, 0.717) is 66.3 Å². The highest BCUT2D eigenvalue weighted by Crippen LogP contribution is 2.39. The lowest BCUT2D eigenvalue weighted by Crippen LogP contribution is -2.47. The topological polar surface area (TPSA) is 164 Å². The number of nitrogens with one attached hydrogen (secondary N) is 2. The van der Waals surface area contributed by atoms with Crippen molar-refractivity contribution in [1.29, 1.82) is 0 Å². The number of esters is 1. The van der Waals surface area contributed by atoms with Crippen molar-refractivity contribution in [3.05, 3.63) is 125 Å². The van der Waals surface area contributed by atoms with Gasteiger partial charge in [0.15, 0.2) is 10.8 Å². The van der Waals surface area contributed by atoms with Crippen molar-refractivity contribution in [1.82, 2.24) is 30.0 Å². The van der Waals surface area contributed by atoms with E-state index in [4.69, 9.17) is 19.6 Å². The number of ether oxygens (including phenoxy) is 2. The van der Waals surface area contributed by atoms with E-state index in [1.807, 2.05) is 99.2 Å². The molecule has 0 spiro atoms. The second-order valence-electron chi connectivity index (χ2n) is 22.5. The third kappa shape index (κ3) is 11.2. The summed E-state index contributed by atoms with van der Waals surface area (Å²) in [6, 6.07) is 30.2. The Kier molecular flexibility index (Phi) is 14.6. The molecule has 7 aromatic rings. The lowest BCUT2D eigenvalue weighted by Gasteiger charge is -2.37. The summed E-state index contributed by atoms with van der Waals surface area (Å²) in [7, 11) is 1.92. The predicted octanol–water partition coefficient (Wildman–Crippen LogP) is 10.6. The highest BCUT2D eigenvalue weighted by molar-refractivity contribution is 7.22. The number of carbonyl (C=O) groups excluding carboxylic acids is 4. The number of pyridine rings is 1. The van der Waals surface area contributed by atoms with Crippen LogP contribution in [0.2, 0.25) is 0 Å². The standard InChI is InChI=1S/C61H69N9O6S/c1-37(27-29-68-31-33-69(34-32-68)41-19-22-46-50(35-41)67(6)66-55(46)47-24-26-54(71)64-58(47)73)39-17-20-42(21-18-39)75-51-15-10-12-43(38(51)2)44-23-25-53(63-56(44)59(74)76-61(3,4)5)70-30-28-40-11-9-13-45(48(40)36-70)57(72)65-60-62-49-14-7-8-16-52(49)77-60/h7-16,19,22-23,25,35,37,39,42,47H,17-18,20-21,24,26-34,36H2,1-6H3,(H,62,65,72)(H,64,71,73)/t37-,39?,42?,47-/m1/s1. The van der Waals surface area contributed by atoms with Crippen LogP contribution in [0.4, 0.5) is 16.6 Å². The Morgan fingerprint density at radius 1 is 0.844 bits per heavy atom. The molecule has 400 valence electrons. The molecular weight excluding hydrogens is 987 g/mol. The first-order valence-electron chi connectivity index (χ1n) is 27.4. The molecule has 3 amide bonds. The largest absolute Gasteiger partial charge is 0.490 e. The fraction of sp³-hybridized carbons (Fsp3) is 0.426. The fourth-order valence-corrected chi connectivity index (χ4v) is 12.8. The number of anilines is 3. The maximum atomic E-state index is 14.2. The van der Waals surface area contributed by atoms with Crippen LogP contribution < -0.4 is 25.2 Å². The molecule has 0 bridgehead atoms. The number of thiazole rings is 1. The number of hydrogen-bond acceptors (Lipinski definition) is 13. The monoisotopic (exact) mass is 1060 g/mol. The second kappa shape index (κ2) is 21.7. The first-order chi connectivity index (χ1) is 37.1. The summed E-state index contributed by atoms with van der Waals surface area (Å²) in [5, 5.41) is 11.8.